The van der Waals surface area contributed by atoms with Gasteiger partial charge in [-0.2, -0.15) is 0 Å². The van der Waals surface area contributed by atoms with Gasteiger partial charge < -0.3 is 15.5 Å². The van der Waals surface area contributed by atoms with Crippen LogP contribution in [0.1, 0.15) is 22.3 Å². The maximum atomic E-state index is 6.24. The van der Waals surface area contributed by atoms with E-state index in [2.05, 4.69) is 96.4 Å². The van der Waals surface area contributed by atoms with Crippen LogP contribution in [0, 0.1) is 13.8 Å². The van der Waals surface area contributed by atoms with Gasteiger partial charge in [0, 0.05) is 19.1 Å². The van der Waals surface area contributed by atoms with Gasteiger partial charge in [0.25, 0.3) is 0 Å². The molecule has 28 heavy (non-hydrogen) atoms. The van der Waals surface area contributed by atoms with Gasteiger partial charge in [-0.25, -0.2) is 0 Å². The number of rotatable bonds is 6. The number of para-hydroxylation sites is 2. The molecule has 0 aliphatic carbocycles. The lowest BCUT2D eigenvalue weighted by atomic mass is 10.0. The van der Waals surface area contributed by atoms with Gasteiger partial charge in [-0.05, 0) is 43.5 Å². The lowest BCUT2D eigenvalue weighted by Gasteiger charge is -2.30. The fourth-order valence-corrected chi connectivity index (χ4v) is 3.99. The largest absolute Gasteiger partial charge is 0.348 e. The van der Waals surface area contributed by atoms with Crippen LogP contribution >= 0.6 is 0 Å². The lowest BCUT2D eigenvalue weighted by molar-refractivity contribution is 0.598. The zero-order chi connectivity index (χ0) is 19.5. The predicted octanol–water partition coefficient (Wildman–Crippen LogP) is 4.66. The van der Waals surface area contributed by atoms with Crippen LogP contribution in [0.15, 0.2) is 72.8 Å². The molecular formula is C25H29N3. The molecule has 4 rings (SSSR count). The molecule has 2 N–H and O–H groups in total. The molecule has 0 saturated heterocycles. The van der Waals surface area contributed by atoms with Crippen LogP contribution in [-0.2, 0) is 13.0 Å². The normalized spacial score (nSPS) is 14.2. The molecule has 3 aromatic rings. The fourth-order valence-electron chi connectivity index (χ4n) is 3.99. The van der Waals surface area contributed by atoms with E-state index < -0.39 is 0 Å². The van der Waals surface area contributed by atoms with Crippen LogP contribution in [0.2, 0.25) is 0 Å². The zero-order valence-corrected chi connectivity index (χ0v) is 16.8. The van der Waals surface area contributed by atoms with E-state index >= 15 is 0 Å². The highest BCUT2D eigenvalue weighted by molar-refractivity contribution is 5.76. The Balaban J connectivity index is 1.57. The second-order valence-corrected chi connectivity index (χ2v) is 7.86. The van der Waals surface area contributed by atoms with Gasteiger partial charge in [0.1, 0.15) is 0 Å². The van der Waals surface area contributed by atoms with Gasteiger partial charge in [-0.1, -0.05) is 71.8 Å². The number of nitrogens with zero attached hydrogens (tertiary/aromatic N) is 2. The minimum Gasteiger partial charge on any atom is -0.348 e. The third-order valence-corrected chi connectivity index (χ3v) is 5.65. The van der Waals surface area contributed by atoms with E-state index in [1.54, 1.807) is 0 Å². The van der Waals surface area contributed by atoms with Crippen molar-refractivity contribution in [2.24, 2.45) is 5.73 Å². The molecule has 1 aliphatic rings. The number of nitrogens with two attached hydrogens (primary N) is 1. The molecule has 0 fully saturated rings. The van der Waals surface area contributed by atoms with E-state index in [9.17, 15) is 0 Å². The van der Waals surface area contributed by atoms with Crippen LogP contribution in [0.3, 0.4) is 0 Å². The van der Waals surface area contributed by atoms with E-state index in [0.717, 1.165) is 19.6 Å². The number of hydrogen-bond acceptors (Lipinski definition) is 3. The Morgan fingerprint density at radius 1 is 0.786 bits per heavy atom. The quantitative estimate of drug-likeness (QED) is 0.684. The summed E-state index contributed by atoms with van der Waals surface area (Å²) in [6.07, 6.45) is 0.962. The number of fused-ring (bicyclic) bond motifs is 1. The SMILES string of the molecule is Cc1ccc(CC(CN)N2CN(Cc3ccc(C)cc3)c3ccccc32)cc1. The molecule has 144 valence electrons. The highest BCUT2D eigenvalue weighted by Gasteiger charge is 2.30. The molecule has 0 saturated carbocycles. The molecule has 1 unspecified atom stereocenters. The molecule has 0 spiro atoms. The summed E-state index contributed by atoms with van der Waals surface area (Å²) in [5, 5.41) is 0. The number of aryl methyl sites for hydroxylation is 2. The predicted molar refractivity (Wildman–Crippen MR) is 119 cm³/mol. The Morgan fingerprint density at radius 3 is 1.96 bits per heavy atom. The Labute approximate surface area is 168 Å². The van der Waals surface area contributed by atoms with Gasteiger partial charge in [-0.15, -0.1) is 0 Å². The molecule has 3 aromatic carbocycles. The molecule has 1 heterocycles. The molecule has 3 nitrogen and oxygen atoms in total. The van der Waals surface area contributed by atoms with E-state index in [-0.39, 0.29) is 6.04 Å². The second kappa shape index (κ2) is 8.07. The summed E-state index contributed by atoms with van der Waals surface area (Å²) >= 11 is 0. The Morgan fingerprint density at radius 2 is 1.36 bits per heavy atom. The summed E-state index contributed by atoms with van der Waals surface area (Å²) in [6.45, 7) is 6.69. The van der Waals surface area contributed by atoms with Crippen molar-refractivity contribution in [3.05, 3.63) is 95.1 Å². The first kappa shape index (κ1) is 18.6. The van der Waals surface area contributed by atoms with Crippen molar-refractivity contribution in [1.29, 1.82) is 0 Å². The van der Waals surface area contributed by atoms with Crippen LogP contribution in [0.4, 0.5) is 11.4 Å². The summed E-state index contributed by atoms with van der Waals surface area (Å²) < 4.78 is 0. The number of anilines is 2. The highest BCUT2D eigenvalue weighted by Crippen LogP contribution is 2.38. The first-order chi connectivity index (χ1) is 13.6. The van der Waals surface area contributed by atoms with Gasteiger partial charge in [0.05, 0.1) is 18.0 Å². The average molecular weight is 372 g/mol. The summed E-state index contributed by atoms with van der Waals surface area (Å²) in [7, 11) is 0. The molecule has 1 aliphatic heterocycles. The first-order valence-corrected chi connectivity index (χ1v) is 10.1. The van der Waals surface area contributed by atoms with Crippen molar-refractivity contribution in [2.45, 2.75) is 32.9 Å². The lowest BCUT2D eigenvalue weighted by Crippen LogP contribution is -2.44. The third kappa shape index (κ3) is 3.90. The van der Waals surface area contributed by atoms with Crippen molar-refractivity contribution >= 4 is 11.4 Å². The van der Waals surface area contributed by atoms with Crippen molar-refractivity contribution in [3.63, 3.8) is 0 Å². The minimum atomic E-state index is 0.284. The van der Waals surface area contributed by atoms with E-state index in [0.29, 0.717) is 6.54 Å². The van der Waals surface area contributed by atoms with Crippen molar-refractivity contribution in [2.75, 3.05) is 23.0 Å². The van der Waals surface area contributed by atoms with E-state index in [1.165, 1.54) is 33.6 Å². The fraction of sp³-hybridized carbons (Fsp3) is 0.280. The molecule has 0 bridgehead atoms. The van der Waals surface area contributed by atoms with Crippen molar-refractivity contribution in [3.8, 4) is 0 Å². The Bertz CT molecular complexity index is 915. The Kier molecular flexibility index (Phi) is 5.36. The van der Waals surface area contributed by atoms with Gasteiger partial charge in [0.15, 0.2) is 0 Å². The van der Waals surface area contributed by atoms with Crippen molar-refractivity contribution < 1.29 is 0 Å². The molecule has 0 amide bonds. The van der Waals surface area contributed by atoms with E-state index in [1.807, 2.05) is 0 Å². The topological polar surface area (TPSA) is 32.5 Å². The average Bonchev–Trinajstić information content (AvgIpc) is 3.08. The summed E-state index contributed by atoms with van der Waals surface area (Å²) in [5.41, 5.74) is 14.1. The summed E-state index contributed by atoms with van der Waals surface area (Å²) in [4.78, 5) is 4.93. The molecule has 0 aromatic heterocycles. The van der Waals surface area contributed by atoms with Crippen LogP contribution in [0.5, 0.6) is 0 Å². The molecule has 0 radical (unpaired) electrons. The van der Waals surface area contributed by atoms with Gasteiger partial charge in [0.2, 0.25) is 0 Å². The maximum absolute atomic E-state index is 6.24. The summed E-state index contributed by atoms with van der Waals surface area (Å²) in [6, 6.07) is 26.6. The van der Waals surface area contributed by atoms with Gasteiger partial charge >= 0.3 is 0 Å². The standard InChI is InChI=1S/C25H29N3/c1-19-7-11-21(12-8-19)15-23(16-26)28-18-27(24-5-3-4-6-25(24)28)17-22-13-9-20(2)10-14-22/h3-14,23H,15-18,26H2,1-2H3. The maximum Gasteiger partial charge on any atom is 0.0911 e. The third-order valence-electron chi connectivity index (χ3n) is 5.65. The Hall–Kier alpha value is -2.78. The van der Waals surface area contributed by atoms with Gasteiger partial charge in [-0.3, -0.25) is 0 Å². The minimum absolute atomic E-state index is 0.284. The van der Waals surface area contributed by atoms with Crippen LogP contribution in [-0.4, -0.2) is 19.3 Å². The monoisotopic (exact) mass is 371 g/mol. The molecular weight excluding hydrogens is 342 g/mol. The smallest absolute Gasteiger partial charge is 0.0911 e. The second-order valence-electron chi connectivity index (χ2n) is 7.86. The van der Waals surface area contributed by atoms with Crippen LogP contribution < -0.4 is 15.5 Å². The zero-order valence-electron chi connectivity index (χ0n) is 16.8. The van der Waals surface area contributed by atoms with Crippen molar-refractivity contribution in [1.82, 2.24) is 0 Å². The summed E-state index contributed by atoms with van der Waals surface area (Å²) in [5.74, 6) is 0. The number of hydrogen-bond donors (Lipinski definition) is 1. The highest BCUT2D eigenvalue weighted by atomic mass is 15.4. The molecule has 3 heteroatoms. The first-order valence-electron chi connectivity index (χ1n) is 10.1. The van der Waals surface area contributed by atoms with E-state index in [4.69, 9.17) is 5.73 Å². The molecule has 1 atom stereocenters. The van der Waals surface area contributed by atoms with Crippen LogP contribution in [0.25, 0.3) is 0 Å². The number of benzene rings is 3.